The molecule has 0 unspecified atom stereocenters. The maximum atomic E-state index is 13.4. The van der Waals surface area contributed by atoms with E-state index in [9.17, 15) is 9.18 Å². The smallest absolute Gasteiger partial charge is 0.262 e. The molecular formula is C23H23FN4OS2. The fourth-order valence-corrected chi connectivity index (χ4v) is 6.21. The molecule has 3 aromatic heterocycles. The van der Waals surface area contributed by atoms with Crippen LogP contribution in [-0.2, 0) is 19.4 Å². The van der Waals surface area contributed by atoms with Gasteiger partial charge < -0.3 is 5.32 Å². The zero-order valence-electron chi connectivity index (χ0n) is 17.4. The lowest BCUT2D eigenvalue weighted by Crippen LogP contribution is -2.34. The van der Waals surface area contributed by atoms with Gasteiger partial charge in [-0.15, -0.1) is 22.7 Å². The Morgan fingerprint density at radius 2 is 2.26 bits per heavy atom. The number of halogens is 1. The van der Waals surface area contributed by atoms with E-state index in [-0.39, 0.29) is 17.4 Å². The molecule has 0 fully saturated rings. The lowest BCUT2D eigenvalue weighted by Gasteiger charge is -2.23. The minimum Gasteiger partial charge on any atom is -0.310 e. The first-order chi connectivity index (χ1) is 15.0. The second kappa shape index (κ2) is 8.26. The molecule has 0 bridgehead atoms. The quantitative estimate of drug-likeness (QED) is 0.478. The van der Waals surface area contributed by atoms with Crippen LogP contribution in [0.15, 0.2) is 40.8 Å². The summed E-state index contributed by atoms with van der Waals surface area (Å²) in [6.07, 6.45) is 4.32. The van der Waals surface area contributed by atoms with Crippen LogP contribution in [0, 0.1) is 12.7 Å². The molecule has 160 valence electrons. The van der Waals surface area contributed by atoms with Crippen molar-refractivity contribution in [3.63, 3.8) is 0 Å². The Morgan fingerprint density at radius 1 is 1.39 bits per heavy atom. The van der Waals surface area contributed by atoms with E-state index in [0.29, 0.717) is 12.6 Å². The molecule has 3 heterocycles. The van der Waals surface area contributed by atoms with Crippen LogP contribution in [0.3, 0.4) is 0 Å². The predicted octanol–water partition coefficient (Wildman–Crippen LogP) is 4.62. The number of hydrogen-bond donors (Lipinski definition) is 1. The summed E-state index contributed by atoms with van der Waals surface area (Å²) < 4.78 is 15.1. The molecule has 5 rings (SSSR count). The first-order valence-electron chi connectivity index (χ1n) is 10.4. The molecule has 1 aliphatic rings. The Hall–Kier alpha value is -2.42. The summed E-state index contributed by atoms with van der Waals surface area (Å²) in [5.74, 6) is -0.209. The zero-order valence-corrected chi connectivity index (χ0v) is 19.0. The van der Waals surface area contributed by atoms with Crippen molar-refractivity contribution in [2.24, 2.45) is 0 Å². The highest BCUT2D eigenvalue weighted by Gasteiger charge is 2.26. The molecule has 0 aliphatic heterocycles. The third-order valence-corrected chi connectivity index (χ3v) is 7.91. The lowest BCUT2D eigenvalue weighted by molar-refractivity contribution is 0.462. The average molecular weight is 455 g/mol. The molecule has 8 heteroatoms. The van der Waals surface area contributed by atoms with E-state index in [0.717, 1.165) is 51.3 Å². The molecule has 0 amide bonds. The number of fused-ring (bicyclic) bond motifs is 3. The number of thiophene rings is 1. The molecule has 0 radical (unpaired) electrons. The Kier molecular flexibility index (Phi) is 5.45. The van der Waals surface area contributed by atoms with Gasteiger partial charge >= 0.3 is 0 Å². The molecule has 0 saturated heterocycles. The summed E-state index contributed by atoms with van der Waals surface area (Å²) in [6.45, 7) is 4.60. The van der Waals surface area contributed by atoms with E-state index in [2.05, 4.69) is 15.3 Å². The van der Waals surface area contributed by atoms with E-state index >= 15 is 0 Å². The Balaban J connectivity index is 1.39. The molecule has 0 saturated carbocycles. The Labute approximate surface area is 187 Å². The van der Waals surface area contributed by atoms with E-state index in [1.54, 1.807) is 45.7 Å². The van der Waals surface area contributed by atoms with Gasteiger partial charge in [0.2, 0.25) is 0 Å². The molecule has 5 nitrogen and oxygen atoms in total. The molecule has 1 N–H and O–H groups in total. The van der Waals surface area contributed by atoms with Gasteiger partial charge in [-0.2, -0.15) is 0 Å². The number of hydrogen-bond acceptors (Lipinski definition) is 6. The van der Waals surface area contributed by atoms with E-state index in [1.807, 2.05) is 25.3 Å². The van der Waals surface area contributed by atoms with Crippen LogP contribution in [0.4, 0.5) is 4.39 Å². The fourth-order valence-electron chi connectivity index (χ4n) is 4.25. The highest BCUT2D eigenvalue weighted by Crippen LogP contribution is 2.34. The van der Waals surface area contributed by atoms with Crippen LogP contribution < -0.4 is 10.9 Å². The van der Waals surface area contributed by atoms with Crippen molar-refractivity contribution in [2.75, 3.05) is 0 Å². The summed E-state index contributed by atoms with van der Waals surface area (Å²) in [6, 6.07) is 6.86. The number of aromatic nitrogens is 3. The largest absolute Gasteiger partial charge is 0.310 e. The van der Waals surface area contributed by atoms with E-state index in [1.165, 1.54) is 10.9 Å². The minimum absolute atomic E-state index is 0.0202. The van der Waals surface area contributed by atoms with Crippen LogP contribution in [0.2, 0.25) is 0 Å². The standard InChI is InChI=1S/C23H23FN4OS2/c1-13(19-11-30-14(2)27-19)28-12-26-22-21(23(28)29)18-7-6-17(9-20(18)31-22)25-10-15-4-3-5-16(24)8-15/h3-5,8,11-13,17,25H,6-7,9-10H2,1-2H3/t13-,17-/m1/s1. The number of nitrogens with zero attached hydrogens (tertiary/aromatic N) is 3. The molecule has 0 spiro atoms. The highest BCUT2D eigenvalue weighted by atomic mass is 32.1. The number of rotatable bonds is 5. The average Bonchev–Trinajstić information content (AvgIpc) is 3.35. The van der Waals surface area contributed by atoms with Gasteiger partial charge in [-0.3, -0.25) is 9.36 Å². The maximum Gasteiger partial charge on any atom is 0.262 e. The molecule has 1 aliphatic carbocycles. The van der Waals surface area contributed by atoms with Gasteiger partial charge in [0.25, 0.3) is 5.56 Å². The zero-order chi connectivity index (χ0) is 21.5. The first-order valence-corrected chi connectivity index (χ1v) is 12.1. The summed E-state index contributed by atoms with van der Waals surface area (Å²) >= 11 is 3.22. The van der Waals surface area contributed by atoms with Gasteiger partial charge in [0.1, 0.15) is 10.6 Å². The number of aryl methyl sites for hydroxylation is 2. The van der Waals surface area contributed by atoms with Gasteiger partial charge in [-0.1, -0.05) is 12.1 Å². The molecule has 31 heavy (non-hydrogen) atoms. The van der Waals surface area contributed by atoms with Crippen LogP contribution in [0.25, 0.3) is 10.2 Å². The topological polar surface area (TPSA) is 59.8 Å². The Bertz CT molecular complexity index is 1310. The van der Waals surface area contributed by atoms with E-state index in [4.69, 9.17) is 0 Å². The molecule has 2 atom stereocenters. The minimum atomic E-state index is -0.209. The van der Waals surface area contributed by atoms with Gasteiger partial charge in [0, 0.05) is 22.8 Å². The monoisotopic (exact) mass is 454 g/mol. The molecule has 1 aromatic carbocycles. The molecule has 4 aromatic rings. The number of nitrogens with one attached hydrogen (secondary N) is 1. The van der Waals surface area contributed by atoms with Crippen LogP contribution in [0.5, 0.6) is 0 Å². The van der Waals surface area contributed by atoms with E-state index < -0.39 is 0 Å². The first kappa shape index (κ1) is 20.5. The van der Waals surface area contributed by atoms with Crippen molar-refractivity contribution in [3.8, 4) is 0 Å². The van der Waals surface area contributed by atoms with Crippen LogP contribution >= 0.6 is 22.7 Å². The van der Waals surface area contributed by atoms with Gasteiger partial charge in [0.15, 0.2) is 0 Å². The second-order valence-electron chi connectivity index (χ2n) is 8.06. The van der Waals surface area contributed by atoms with Gasteiger partial charge in [0.05, 0.1) is 28.5 Å². The summed E-state index contributed by atoms with van der Waals surface area (Å²) in [5.41, 5.74) is 3.01. The highest BCUT2D eigenvalue weighted by molar-refractivity contribution is 7.18. The SMILES string of the molecule is Cc1nc([C@@H](C)n2cnc3sc4c(c3c2=O)CC[C@@H](NCc2cccc(F)c2)C4)cs1. The van der Waals surface area contributed by atoms with Crippen molar-refractivity contribution in [3.05, 3.63) is 78.8 Å². The summed E-state index contributed by atoms with van der Waals surface area (Å²) in [4.78, 5) is 24.6. The van der Waals surface area contributed by atoms with Gasteiger partial charge in [-0.25, -0.2) is 14.4 Å². The molecular weight excluding hydrogens is 431 g/mol. The van der Waals surface area contributed by atoms with Crippen LogP contribution in [0.1, 0.15) is 46.1 Å². The third kappa shape index (κ3) is 3.95. The fraction of sp³-hybridized carbons (Fsp3) is 0.348. The van der Waals surface area contributed by atoms with Crippen molar-refractivity contribution in [1.82, 2.24) is 19.9 Å². The predicted molar refractivity (Wildman–Crippen MR) is 124 cm³/mol. The second-order valence-corrected chi connectivity index (χ2v) is 10.2. The van der Waals surface area contributed by atoms with Crippen molar-refractivity contribution < 1.29 is 4.39 Å². The normalized spacial score (nSPS) is 17.1. The third-order valence-electron chi connectivity index (χ3n) is 5.96. The van der Waals surface area contributed by atoms with Gasteiger partial charge in [-0.05, 0) is 56.4 Å². The number of benzene rings is 1. The van der Waals surface area contributed by atoms with Crippen LogP contribution in [-0.4, -0.2) is 20.6 Å². The van der Waals surface area contributed by atoms with Crippen molar-refractivity contribution >= 4 is 32.9 Å². The number of thiazole rings is 1. The van der Waals surface area contributed by atoms with Crippen molar-refractivity contribution in [1.29, 1.82) is 0 Å². The van der Waals surface area contributed by atoms with Crippen molar-refractivity contribution in [2.45, 2.75) is 51.7 Å². The maximum absolute atomic E-state index is 13.4. The Morgan fingerprint density at radius 3 is 3.03 bits per heavy atom. The summed E-state index contributed by atoms with van der Waals surface area (Å²) in [7, 11) is 0. The summed E-state index contributed by atoms with van der Waals surface area (Å²) in [5, 5.41) is 7.32. The lowest BCUT2D eigenvalue weighted by atomic mass is 9.93.